The van der Waals surface area contributed by atoms with Crippen LogP contribution in [0.1, 0.15) is 105 Å². The minimum absolute atomic E-state index is 0.00926. The van der Waals surface area contributed by atoms with Crippen molar-refractivity contribution in [2.24, 2.45) is 17.6 Å². The van der Waals surface area contributed by atoms with Crippen LogP contribution in [-0.2, 0) is 19.1 Å². The van der Waals surface area contributed by atoms with Gasteiger partial charge in [0.15, 0.2) is 0 Å². The number of rotatable bonds is 8. The Hall–Kier alpha value is -1.27. The van der Waals surface area contributed by atoms with Crippen molar-refractivity contribution in [3.8, 4) is 0 Å². The summed E-state index contributed by atoms with van der Waals surface area (Å²) >= 11 is 0. The molecule has 2 aliphatic carbocycles. The van der Waals surface area contributed by atoms with Crippen molar-refractivity contribution in [1.82, 2.24) is 5.32 Å². The Balaban J connectivity index is 0. The van der Waals surface area contributed by atoms with Crippen LogP contribution in [0.3, 0.4) is 0 Å². The summed E-state index contributed by atoms with van der Waals surface area (Å²) in [6, 6.07) is 0.658. The first kappa shape index (κ1) is 31.9. The molecule has 1 amide bonds. The second-order valence-corrected chi connectivity index (χ2v) is 8.44. The van der Waals surface area contributed by atoms with Crippen molar-refractivity contribution in [3.05, 3.63) is 0 Å². The maximum atomic E-state index is 11.0. The SMILES string of the molecule is CC.CC(C)C(N)=O.CNC1CCC(C(C)=O)CC1.O=CCCCOC1CCCCC1. The fourth-order valence-electron chi connectivity index (χ4n) is 3.44. The highest BCUT2D eigenvalue weighted by Crippen LogP contribution is 2.24. The van der Waals surface area contributed by atoms with Crippen LogP contribution >= 0.6 is 0 Å². The first-order chi connectivity index (χ1) is 14.8. The molecule has 0 atom stereocenters. The second-order valence-electron chi connectivity index (χ2n) is 8.44. The molecule has 0 aromatic carbocycles. The van der Waals surface area contributed by atoms with E-state index in [2.05, 4.69) is 5.32 Å². The second kappa shape index (κ2) is 21.9. The molecule has 2 rings (SSSR count). The minimum Gasteiger partial charge on any atom is -0.378 e. The number of carbonyl (C=O) groups excluding carboxylic acids is 3. The smallest absolute Gasteiger partial charge is 0.219 e. The molecule has 6 heteroatoms. The number of hydrogen-bond donors (Lipinski definition) is 2. The maximum Gasteiger partial charge on any atom is 0.219 e. The summed E-state index contributed by atoms with van der Waals surface area (Å²) in [5, 5.41) is 3.25. The molecular formula is C25H50N2O4. The van der Waals surface area contributed by atoms with Crippen LogP contribution in [0.4, 0.5) is 0 Å². The van der Waals surface area contributed by atoms with E-state index >= 15 is 0 Å². The summed E-state index contributed by atoms with van der Waals surface area (Å²) < 4.78 is 5.63. The van der Waals surface area contributed by atoms with Gasteiger partial charge in [0.25, 0.3) is 0 Å². The molecule has 0 aliphatic heterocycles. The molecule has 0 bridgehead atoms. The highest BCUT2D eigenvalue weighted by atomic mass is 16.5. The molecule has 2 saturated carbocycles. The average Bonchev–Trinajstić information content (AvgIpc) is 2.79. The van der Waals surface area contributed by atoms with Gasteiger partial charge < -0.3 is 20.6 Å². The lowest BCUT2D eigenvalue weighted by Gasteiger charge is -2.26. The van der Waals surface area contributed by atoms with Gasteiger partial charge in [-0.2, -0.15) is 0 Å². The molecule has 0 heterocycles. The standard InChI is InChI=1S/C10H18O2.C9H17NO.C4H9NO.C2H6/c11-8-4-5-9-12-10-6-2-1-3-7-10;1-7(11)8-3-5-9(10-2)6-4-8;1-3(2)4(5)6;1-2/h8,10H,1-7,9H2;8-10H,3-6H2,1-2H3;3H,1-2H3,(H2,5,6);1-2H3. The molecule has 0 aromatic rings. The molecule has 3 N–H and O–H groups in total. The number of aldehydes is 1. The predicted octanol–water partition coefficient (Wildman–Crippen LogP) is 4.82. The van der Waals surface area contributed by atoms with E-state index in [1.165, 1.54) is 44.9 Å². The number of nitrogens with one attached hydrogen (secondary N) is 1. The van der Waals surface area contributed by atoms with E-state index in [0.29, 0.717) is 30.3 Å². The van der Waals surface area contributed by atoms with E-state index in [-0.39, 0.29) is 11.8 Å². The largest absolute Gasteiger partial charge is 0.378 e. The number of primary amides is 1. The van der Waals surface area contributed by atoms with E-state index in [1.807, 2.05) is 20.9 Å². The minimum atomic E-state index is -0.241. The van der Waals surface area contributed by atoms with Gasteiger partial charge in [0, 0.05) is 30.9 Å². The zero-order valence-corrected chi connectivity index (χ0v) is 21.1. The van der Waals surface area contributed by atoms with Crippen LogP contribution in [0.15, 0.2) is 0 Å². The Morgan fingerprint density at radius 1 is 1.03 bits per heavy atom. The van der Waals surface area contributed by atoms with E-state index in [9.17, 15) is 14.4 Å². The van der Waals surface area contributed by atoms with Crippen LogP contribution in [0.5, 0.6) is 0 Å². The Labute approximate surface area is 191 Å². The summed E-state index contributed by atoms with van der Waals surface area (Å²) in [7, 11) is 2.00. The molecule has 0 spiro atoms. The monoisotopic (exact) mass is 442 g/mol. The Morgan fingerprint density at radius 3 is 1.94 bits per heavy atom. The average molecular weight is 443 g/mol. The molecule has 6 nitrogen and oxygen atoms in total. The van der Waals surface area contributed by atoms with Crippen molar-refractivity contribution in [2.45, 2.75) is 117 Å². The molecule has 31 heavy (non-hydrogen) atoms. The number of Topliss-reactive ketones (excluding diaryl/α,β-unsaturated/α-hetero) is 1. The quantitative estimate of drug-likeness (QED) is 0.415. The van der Waals surface area contributed by atoms with Gasteiger partial charge in [-0.05, 0) is 58.9 Å². The van der Waals surface area contributed by atoms with Gasteiger partial charge in [0.05, 0.1) is 6.10 Å². The third kappa shape index (κ3) is 19.2. The van der Waals surface area contributed by atoms with Crippen LogP contribution in [0, 0.1) is 11.8 Å². The topological polar surface area (TPSA) is 98.5 Å². The number of ether oxygens (including phenoxy) is 1. The van der Waals surface area contributed by atoms with E-state index < -0.39 is 0 Å². The number of nitrogens with two attached hydrogens (primary N) is 1. The van der Waals surface area contributed by atoms with E-state index in [1.54, 1.807) is 20.8 Å². The molecular weight excluding hydrogens is 392 g/mol. The Kier molecular flexibility index (Phi) is 22.6. The predicted molar refractivity (Wildman–Crippen MR) is 129 cm³/mol. The van der Waals surface area contributed by atoms with E-state index in [0.717, 1.165) is 32.2 Å². The van der Waals surface area contributed by atoms with Crippen molar-refractivity contribution < 1.29 is 19.1 Å². The van der Waals surface area contributed by atoms with Crippen LogP contribution in [0.2, 0.25) is 0 Å². The number of ketones is 1. The van der Waals surface area contributed by atoms with Gasteiger partial charge in [0.2, 0.25) is 5.91 Å². The number of hydrogen-bond acceptors (Lipinski definition) is 5. The van der Waals surface area contributed by atoms with Crippen molar-refractivity contribution in [2.75, 3.05) is 13.7 Å². The fraction of sp³-hybridized carbons (Fsp3) is 0.880. The summed E-state index contributed by atoms with van der Waals surface area (Å²) in [6.07, 6.45) is 13.9. The van der Waals surface area contributed by atoms with Crippen molar-refractivity contribution in [3.63, 3.8) is 0 Å². The Bertz CT molecular complexity index is 441. The first-order valence-corrected chi connectivity index (χ1v) is 12.3. The molecule has 2 aliphatic rings. The molecule has 0 radical (unpaired) electrons. The van der Waals surface area contributed by atoms with Gasteiger partial charge >= 0.3 is 0 Å². The highest BCUT2D eigenvalue weighted by molar-refractivity contribution is 5.78. The summed E-state index contributed by atoms with van der Waals surface area (Å²) in [6.45, 7) is 10.0. The van der Waals surface area contributed by atoms with Crippen LogP contribution in [0.25, 0.3) is 0 Å². The van der Waals surface area contributed by atoms with Gasteiger partial charge in [-0.3, -0.25) is 9.59 Å². The lowest BCUT2D eigenvalue weighted by Crippen LogP contribution is -2.31. The summed E-state index contributed by atoms with van der Waals surface area (Å²) in [5.41, 5.74) is 4.80. The summed E-state index contributed by atoms with van der Waals surface area (Å²) in [5.74, 6) is 0.485. The highest BCUT2D eigenvalue weighted by Gasteiger charge is 2.22. The van der Waals surface area contributed by atoms with Crippen molar-refractivity contribution >= 4 is 18.0 Å². The molecule has 0 saturated heterocycles. The van der Waals surface area contributed by atoms with Gasteiger partial charge in [-0.25, -0.2) is 0 Å². The molecule has 0 unspecified atom stereocenters. The van der Waals surface area contributed by atoms with Crippen LogP contribution < -0.4 is 11.1 Å². The first-order valence-electron chi connectivity index (χ1n) is 12.3. The third-order valence-electron chi connectivity index (χ3n) is 5.65. The Morgan fingerprint density at radius 2 is 1.55 bits per heavy atom. The van der Waals surface area contributed by atoms with E-state index in [4.69, 9.17) is 10.5 Å². The lowest BCUT2D eigenvalue weighted by molar-refractivity contribution is -0.122. The van der Waals surface area contributed by atoms with Gasteiger partial charge in [-0.1, -0.05) is 47.0 Å². The number of unbranched alkanes of at least 4 members (excludes halogenated alkanes) is 1. The molecule has 0 aromatic heterocycles. The molecule has 2 fully saturated rings. The zero-order valence-electron chi connectivity index (χ0n) is 21.1. The lowest BCUT2D eigenvalue weighted by atomic mass is 9.84. The zero-order chi connectivity index (χ0) is 24.1. The summed E-state index contributed by atoms with van der Waals surface area (Å²) in [4.78, 5) is 30.9. The number of amides is 1. The normalized spacial score (nSPS) is 20.7. The van der Waals surface area contributed by atoms with Gasteiger partial charge in [-0.15, -0.1) is 0 Å². The maximum absolute atomic E-state index is 11.0. The molecule has 184 valence electrons. The fourth-order valence-corrected chi connectivity index (χ4v) is 3.44. The van der Waals surface area contributed by atoms with Crippen LogP contribution in [-0.4, -0.2) is 43.8 Å². The number of carbonyl (C=O) groups is 3. The third-order valence-corrected chi connectivity index (χ3v) is 5.65. The van der Waals surface area contributed by atoms with Gasteiger partial charge in [0.1, 0.15) is 12.1 Å². The van der Waals surface area contributed by atoms with Crippen molar-refractivity contribution in [1.29, 1.82) is 0 Å².